The SMILES string of the molecule is OCc1cccn1Cc1ccn(-c2ccccc2)n1. The number of aliphatic hydroxyl groups excluding tert-OH is 1. The molecule has 0 atom stereocenters. The highest BCUT2D eigenvalue weighted by molar-refractivity contribution is 5.30. The van der Waals surface area contributed by atoms with Crippen LogP contribution in [0.3, 0.4) is 0 Å². The maximum Gasteiger partial charge on any atom is 0.0832 e. The van der Waals surface area contributed by atoms with Gasteiger partial charge in [-0.2, -0.15) is 5.10 Å². The van der Waals surface area contributed by atoms with Crippen molar-refractivity contribution >= 4 is 0 Å². The van der Waals surface area contributed by atoms with Crippen molar-refractivity contribution in [1.29, 1.82) is 0 Å². The molecular weight excluding hydrogens is 238 g/mol. The Morgan fingerprint density at radius 2 is 1.79 bits per heavy atom. The second-order valence-electron chi connectivity index (χ2n) is 4.37. The molecule has 1 aromatic carbocycles. The number of para-hydroxylation sites is 1. The van der Waals surface area contributed by atoms with Gasteiger partial charge in [0.2, 0.25) is 0 Å². The number of nitrogens with zero attached hydrogens (tertiary/aromatic N) is 3. The molecule has 3 rings (SSSR count). The summed E-state index contributed by atoms with van der Waals surface area (Å²) in [7, 11) is 0. The molecule has 2 heterocycles. The first-order chi connectivity index (χ1) is 9.36. The van der Waals surface area contributed by atoms with Gasteiger partial charge >= 0.3 is 0 Å². The summed E-state index contributed by atoms with van der Waals surface area (Å²) in [6.07, 6.45) is 3.90. The average molecular weight is 253 g/mol. The van der Waals surface area contributed by atoms with E-state index in [1.165, 1.54) is 0 Å². The summed E-state index contributed by atoms with van der Waals surface area (Å²) in [5.41, 5.74) is 2.91. The van der Waals surface area contributed by atoms with Gasteiger partial charge in [0.1, 0.15) is 0 Å². The van der Waals surface area contributed by atoms with Crippen LogP contribution < -0.4 is 0 Å². The van der Waals surface area contributed by atoms with E-state index in [1.54, 1.807) is 0 Å². The smallest absolute Gasteiger partial charge is 0.0832 e. The number of aromatic nitrogens is 3. The molecule has 0 fully saturated rings. The van der Waals surface area contributed by atoms with Crippen LogP contribution in [-0.4, -0.2) is 19.5 Å². The Morgan fingerprint density at radius 3 is 2.58 bits per heavy atom. The predicted molar refractivity (Wildman–Crippen MR) is 73.0 cm³/mol. The maximum absolute atomic E-state index is 9.22. The Bertz CT molecular complexity index is 655. The lowest BCUT2D eigenvalue weighted by molar-refractivity contribution is 0.271. The van der Waals surface area contributed by atoms with E-state index in [1.807, 2.05) is 70.2 Å². The fourth-order valence-electron chi connectivity index (χ4n) is 2.09. The largest absolute Gasteiger partial charge is 0.390 e. The minimum absolute atomic E-state index is 0.0480. The van der Waals surface area contributed by atoms with Crippen molar-refractivity contribution in [1.82, 2.24) is 14.3 Å². The van der Waals surface area contributed by atoms with Crippen LogP contribution in [0.15, 0.2) is 60.9 Å². The summed E-state index contributed by atoms with van der Waals surface area (Å²) in [6.45, 7) is 0.717. The van der Waals surface area contributed by atoms with Crippen LogP contribution in [0, 0.1) is 0 Å². The molecule has 0 unspecified atom stereocenters. The normalized spacial score (nSPS) is 10.8. The third-order valence-electron chi connectivity index (χ3n) is 3.08. The molecule has 0 amide bonds. The molecule has 2 aromatic heterocycles. The minimum Gasteiger partial charge on any atom is -0.390 e. The van der Waals surface area contributed by atoms with Gasteiger partial charge in [-0.15, -0.1) is 0 Å². The van der Waals surface area contributed by atoms with Crippen molar-refractivity contribution < 1.29 is 5.11 Å². The fourth-order valence-corrected chi connectivity index (χ4v) is 2.09. The Morgan fingerprint density at radius 1 is 0.947 bits per heavy atom. The van der Waals surface area contributed by atoms with Crippen LogP contribution >= 0.6 is 0 Å². The zero-order chi connectivity index (χ0) is 13.1. The van der Waals surface area contributed by atoms with E-state index in [2.05, 4.69) is 5.10 Å². The van der Waals surface area contributed by atoms with Gasteiger partial charge in [0.25, 0.3) is 0 Å². The van der Waals surface area contributed by atoms with Gasteiger partial charge in [0.05, 0.1) is 24.5 Å². The summed E-state index contributed by atoms with van der Waals surface area (Å²) >= 11 is 0. The predicted octanol–water partition coefficient (Wildman–Crippen LogP) is 2.21. The first-order valence-electron chi connectivity index (χ1n) is 6.21. The summed E-state index contributed by atoms with van der Waals surface area (Å²) in [5.74, 6) is 0. The molecular formula is C15H15N3O. The third kappa shape index (κ3) is 2.44. The van der Waals surface area contributed by atoms with Gasteiger partial charge in [-0.25, -0.2) is 4.68 Å². The Hall–Kier alpha value is -2.33. The van der Waals surface area contributed by atoms with E-state index in [0.717, 1.165) is 17.1 Å². The molecule has 0 radical (unpaired) electrons. The van der Waals surface area contributed by atoms with Crippen molar-refractivity contribution in [3.63, 3.8) is 0 Å². The molecule has 0 saturated carbocycles. The van der Waals surface area contributed by atoms with Crippen LogP contribution in [0.2, 0.25) is 0 Å². The number of hydrogen-bond donors (Lipinski definition) is 1. The summed E-state index contributed by atoms with van der Waals surface area (Å²) in [4.78, 5) is 0. The molecule has 0 bridgehead atoms. The van der Waals surface area contributed by atoms with E-state index >= 15 is 0 Å². The molecule has 0 spiro atoms. The zero-order valence-electron chi connectivity index (χ0n) is 10.5. The Balaban J connectivity index is 1.82. The minimum atomic E-state index is 0.0480. The van der Waals surface area contributed by atoms with E-state index in [0.29, 0.717) is 6.54 Å². The van der Waals surface area contributed by atoms with Crippen molar-refractivity contribution in [2.75, 3.05) is 0 Å². The molecule has 0 saturated heterocycles. The van der Waals surface area contributed by atoms with Crippen molar-refractivity contribution in [2.45, 2.75) is 13.2 Å². The standard InChI is InChI=1S/C15H15N3O/c19-12-15-7-4-9-17(15)11-13-8-10-18(16-13)14-5-2-1-3-6-14/h1-10,19H,11-12H2. The molecule has 1 N–H and O–H groups in total. The van der Waals surface area contributed by atoms with Crippen molar-refractivity contribution in [2.24, 2.45) is 0 Å². The van der Waals surface area contributed by atoms with Gasteiger partial charge < -0.3 is 9.67 Å². The summed E-state index contributed by atoms with van der Waals surface area (Å²) in [5, 5.41) is 13.8. The molecule has 4 nitrogen and oxygen atoms in total. The third-order valence-corrected chi connectivity index (χ3v) is 3.08. The second-order valence-corrected chi connectivity index (χ2v) is 4.37. The first-order valence-corrected chi connectivity index (χ1v) is 6.21. The topological polar surface area (TPSA) is 43.0 Å². The van der Waals surface area contributed by atoms with Gasteiger partial charge in [0.15, 0.2) is 0 Å². The van der Waals surface area contributed by atoms with Crippen LogP contribution in [0.5, 0.6) is 0 Å². The summed E-state index contributed by atoms with van der Waals surface area (Å²) < 4.78 is 3.86. The van der Waals surface area contributed by atoms with Gasteiger partial charge in [-0.3, -0.25) is 0 Å². The molecule has 3 aromatic rings. The zero-order valence-corrected chi connectivity index (χ0v) is 10.5. The highest BCUT2D eigenvalue weighted by Crippen LogP contribution is 2.10. The maximum atomic E-state index is 9.22. The Labute approximate surface area is 111 Å². The van der Waals surface area contributed by atoms with Crippen LogP contribution in [-0.2, 0) is 13.2 Å². The van der Waals surface area contributed by atoms with Gasteiger partial charge in [-0.05, 0) is 30.3 Å². The number of rotatable bonds is 4. The quantitative estimate of drug-likeness (QED) is 0.774. The monoisotopic (exact) mass is 253 g/mol. The highest BCUT2D eigenvalue weighted by atomic mass is 16.3. The molecule has 96 valence electrons. The van der Waals surface area contributed by atoms with E-state index in [-0.39, 0.29) is 6.61 Å². The molecule has 19 heavy (non-hydrogen) atoms. The van der Waals surface area contributed by atoms with Gasteiger partial charge in [0, 0.05) is 18.1 Å². The summed E-state index contributed by atoms with van der Waals surface area (Å²) in [6, 6.07) is 15.8. The lowest BCUT2D eigenvalue weighted by atomic mass is 10.3. The number of hydrogen-bond acceptors (Lipinski definition) is 2. The van der Waals surface area contributed by atoms with Gasteiger partial charge in [-0.1, -0.05) is 18.2 Å². The average Bonchev–Trinajstić information content (AvgIpc) is 3.09. The highest BCUT2D eigenvalue weighted by Gasteiger charge is 2.04. The number of benzene rings is 1. The fraction of sp³-hybridized carbons (Fsp3) is 0.133. The van der Waals surface area contributed by atoms with Crippen LogP contribution in [0.25, 0.3) is 5.69 Å². The van der Waals surface area contributed by atoms with Crippen LogP contribution in [0.1, 0.15) is 11.4 Å². The molecule has 0 aliphatic rings. The molecule has 4 heteroatoms. The van der Waals surface area contributed by atoms with Crippen molar-refractivity contribution in [3.8, 4) is 5.69 Å². The lowest BCUT2D eigenvalue weighted by Gasteiger charge is -2.05. The lowest BCUT2D eigenvalue weighted by Crippen LogP contribution is -2.04. The number of aliphatic hydroxyl groups is 1. The van der Waals surface area contributed by atoms with E-state index in [4.69, 9.17) is 0 Å². The van der Waals surface area contributed by atoms with E-state index in [9.17, 15) is 5.11 Å². The molecule has 0 aliphatic heterocycles. The van der Waals surface area contributed by atoms with Crippen molar-refractivity contribution in [3.05, 3.63) is 72.3 Å². The van der Waals surface area contributed by atoms with Crippen LogP contribution in [0.4, 0.5) is 0 Å². The first kappa shape index (κ1) is 11.7. The Kier molecular flexibility index (Phi) is 3.16. The second kappa shape index (κ2) is 5.12. The van der Waals surface area contributed by atoms with E-state index < -0.39 is 0 Å². The molecule has 0 aliphatic carbocycles.